The van der Waals surface area contributed by atoms with E-state index in [1.165, 1.54) is 103 Å². The topological polar surface area (TPSA) is 43.4 Å². The van der Waals surface area contributed by atoms with Crippen molar-refractivity contribution in [2.45, 2.75) is 122 Å². The zero-order valence-corrected chi connectivity index (χ0v) is 30.0. The molecule has 0 bridgehead atoms. The summed E-state index contributed by atoms with van der Waals surface area (Å²) in [5.41, 5.74) is 3.65. The van der Waals surface area contributed by atoms with Gasteiger partial charge in [0.25, 0.3) is 0 Å². The molecule has 0 saturated carbocycles. The number of carbonyl (C=O) groups is 2. The number of carbonyl (C=O) groups excluding carboxylic acids is 2. The Morgan fingerprint density at radius 3 is 1.57 bits per heavy atom. The Morgan fingerprint density at radius 1 is 0.511 bits per heavy atom. The van der Waals surface area contributed by atoms with E-state index in [-0.39, 0.29) is 11.6 Å². The van der Waals surface area contributed by atoms with Crippen molar-refractivity contribution in [3.05, 3.63) is 87.6 Å². The van der Waals surface area contributed by atoms with E-state index in [9.17, 15) is 9.59 Å². The smallest absolute Gasteiger partial charge is 0.198 e. The number of ketones is 2. The zero-order chi connectivity index (χ0) is 32.7. The third kappa shape index (κ3) is 9.76. The maximum atomic E-state index is 14.0. The molecule has 0 fully saturated rings. The lowest BCUT2D eigenvalue weighted by Gasteiger charge is -2.23. The van der Waals surface area contributed by atoms with Crippen LogP contribution in [0.4, 0.5) is 0 Å². The second-order valence-electron chi connectivity index (χ2n) is 13.1. The fraction of sp³-hybridized carbons (Fsp3) is 0.476. The monoisotopic (exact) mass is 668 g/mol. The van der Waals surface area contributed by atoms with Crippen LogP contribution in [0.1, 0.15) is 154 Å². The van der Waals surface area contributed by atoms with E-state index in [0.29, 0.717) is 34.6 Å². The number of hydrogen-bond donors (Lipinski definition) is 0. The van der Waals surface area contributed by atoms with Crippen molar-refractivity contribution in [2.75, 3.05) is 6.61 Å². The van der Waals surface area contributed by atoms with Gasteiger partial charge in [0, 0.05) is 32.0 Å². The summed E-state index contributed by atoms with van der Waals surface area (Å²) in [7, 11) is 0. The van der Waals surface area contributed by atoms with Crippen molar-refractivity contribution in [2.24, 2.45) is 0 Å². The Morgan fingerprint density at radius 2 is 1.02 bits per heavy atom. The number of rotatable bonds is 22. The predicted octanol–water partition coefficient (Wildman–Crippen LogP) is 13.3. The average molecular weight is 669 g/mol. The molecule has 0 amide bonds. The second-order valence-corrected chi connectivity index (χ2v) is 15.0. The van der Waals surface area contributed by atoms with E-state index in [1.807, 2.05) is 65.4 Å². The Balaban J connectivity index is 1.06. The first kappa shape index (κ1) is 35.3. The summed E-state index contributed by atoms with van der Waals surface area (Å²) in [6.45, 7) is 2.83. The lowest BCUT2D eigenvalue weighted by atomic mass is 9.81. The fourth-order valence-corrected chi connectivity index (χ4v) is 8.23. The van der Waals surface area contributed by atoms with Crippen LogP contribution in [0.25, 0.3) is 20.9 Å². The molecule has 4 aromatic rings. The molecule has 0 unspecified atom stereocenters. The Hall–Kier alpha value is -3.02. The lowest BCUT2D eigenvalue weighted by molar-refractivity contribution is 0.0975. The highest BCUT2D eigenvalue weighted by molar-refractivity contribution is 7.13. The van der Waals surface area contributed by atoms with E-state index in [4.69, 9.17) is 4.74 Å². The van der Waals surface area contributed by atoms with Gasteiger partial charge in [-0.3, -0.25) is 9.59 Å². The third-order valence-corrected chi connectivity index (χ3v) is 11.3. The van der Waals surface area contributed by atoms with Crippen molar-refractivity contribution >= 4 is 34.2 Å². The van der Waals surface area contributed by atoms with Crippen molar-refractivity contribution in [1.29, 1.82) is 0 Å². The maximum absolute atomic E-state index is 14.0. The van der Waals surface area contributed by atoms with Crippen LogP contribution in [-0.4, -0.2) is 18.2 Å². The molecule has 0 spiro atoms. The van der Waals surface area contributed by atoms with Gasteiger partial charge < -0.3 is 4.74 Å². The van der Waals surface area contributed by atoms with Gasteiger partial charge in [0.05, 0.1) is 12.2 Å². The molecule has 2 heterocycles. The van der Waals surface area contributed by atoms with Crippen LogP contribution in [0.3, 0.4) is 0 Å². The zero-order valence-electron chi connectivity index (χ0n) is 28.3. The van der Waals surface area contributed by atoms with Crippen molar-refractivity contribution in [1.82, 2.24) is 0 Å². The molecule has 5 rings (SSSR count). The SMILES string of the molecule is CCCCCCCCCCCCCCCCCCCCOc1c(-c2cccs2)ccc2c1C(=O)c1ccc(-c3cccs3)cc1C2=O. The second kappa shape index (κ2) is 19.1. The molecular formula is C42H52O3S2. The van der Waals surface area contributed by atoms with E-state index in [0.717, 1.165) is 33.7 Å². The van der Waals surface area contributed by atoms with Gasteiger partial charge >= 0.3 is 0 Å². The van der Waals surface area contributed by atoms with Crippen molar-refractivity contribution in [3.63, 3.8) is 0 Å². The van der Waals surface area contributed by atoms with Crippen LogP contribution >= 0.6 is 22.7 Å². The summed E-state index contributed by atoms with van der Waals surface area (Å²) in [5.74, 6) is 0.325. The predicted molar refractivity (Wildman–Crippen MR) is 201 cm³/mol. The van der Waals surface area contributed by atoms with E-state index >= 15 is 0 Å². The molecule has 5 heteroatoms. The van der Waals surface area contributed by atoms with Crippen molar-refractivity contribution < 1.29 is 14.3 Å². The molecule has 2 aromatic carbocycles. The largest absolute Gasteiger partial charge is 0.492 e. The van der Waals surface area contributed by atoms with Crippen LogP contribution in [0.15, 0.2) is 65.4 Å². The number of thiophene rings is 2. The summed E-state index contributed by atoms with van der Waals surface area (Å²) in [6, 6.07) is 17.5. The summed E-state index contributed by atoms with van der Waals surface area (Å²) >= 11 is 3.25. The normalized spacial score (nSPS) is 12.4. The number of unbranched alkanes of at least 4 members (excludes halogenated alkanes) is 17. The molecule has 0 N–H and O–H groups in total. The van der Waals surface area contributed by atoms with Crippen LogP contribution in [0, 0.1) is 0 Å². The van der Waals surface area contributed by atoms with Gasteiger partial charge in [0.1, 0.15) is 5.75 Å². The highest BCUT2D eigenvalue weighted by atomic mass is 32.1. The Labute approximate surface area is 290 Å². The summed E-state index contributed by atoms with van der Waals surface area (Å²) in [5, 5.41) is 4.05. The highest BCUT2D eigenvalue weighted by Gasteiger charge is 2.34. The third-order valence-electron chi connectivity index (χ3n) is 9.47. The standard InChI is InChI=1S/C42H52O3S2/c1-2-3-4-5-6-7-8-9-10-11-12-13-14-15-16-17-18-19-28-45-42-34(38-23-21-30-47-38)26-27-35-39(42)41(44)33-25-24-32(31-36(33)40(35)43)37-22-20-29-46-37/h20-27,29-31H,2-19,28H2,1H3. The molecular weight excluding hydrogens is 617 g/mol. The first-order valence-electron chi connectivity index (χ1n) is 18.3. The minimum atomic E-state index is -0.126. The molecule has 3 nitrogen and oxygen atoms in total. The van der Waals surface area contributed by atoms with E-state index in [1.54, 1.807) is 22.7 Å². The van der Waals surface area contributed by atoms with Crippen LogP contribution in [0.2, 0.25) is 0 Å². The molecule has 47 heavy (non-hydrogen) atoms. The number of ether oxygens (including phenoxy) is 1. The molecule has 250 valence electrons. The van der Waals surface area contributed by atoms with Crippen LogP contribution < -0.4 is 4.74 Å². The summed E-state index contributed by atoms with van der Waals surface area (Å²) in [6.07, 6.45) is 24.1. The number of hydrogen-bond acceptors (Lipinski definition) is 5. The highest BCUT2D eigenvalue weighted by Crippen LogP contribution is 2.42. The maximum Gasteiger partial charge on any atom is 0.198 e. The summed E-state index contributed by atoms with van der Waals surface area (Å²) < 4.78 is 6.44. The van der Waals surface area contributed by atoms with Gasteiger partial charge in [0.2, 0.25) is 0 Å². The van der Waals surface area contributed by atoms with Crippen LogP contribution in [0.5, 0.6) is 5.75 Å². The van der Waals surface area contributed by atoms with Gasteiger partial charge in [-0.2, -0.15) is 0 Å². The minimum absolute atomic E-state index is 0.108. The molecule has 0 aliphatic heterocycles. The van der Waals surface area contributed by atoms with Gasteiger partial charge in [-0.1, -0.05) is 134 Å². The molecule has 2 aromatic heterocycles. The lowest BCUT2D eigenvalue weighted by Crippen LogP contribution is -2.22. The minimum Gasteiger partial charge on any atom is -0.492 e. The van der Waals surface area contributed by atoms with Gasteiger partial charge in [-0.25, -0.2) is 0 Å². The molecule has 1 aliphatic rings. The number of benzene rings is 2. The van der Waals surface area contributed by atoms with Crippen LogP contribution in [-0.2, 0) is 0 Å². The van der Waals surface area contributed by atoms with Gasteiger partial charge in [-0.15, -0.1) is 22.7 Å². The first-order chi connectivity index (χ1) is 23.2. The van der Waals surface area contributed by atoms with Gasteiger partial charge in [-0.05, 0) is 59.1 Å². The Bertz CT molecular complexity index is 1530. The van der Waals surface area contributed by atoms with Crippen molar-refractivity contribution in [3.8, 4) is 26.6 Å². The molecule has 0 saturated heterocycles. The first-order valence-corrected chi connectivity index (χ1v) is 20.1. The Kier molecular flexibility index (Phi) is 14.3. The quantitative estimate of drug-likeness (QED) is 0.0689. The summed E-state index contributed by atoms with van der Waals surface area (Å²) in [4.78, 5) is 29.9. The average Bonchev–Trinajstić information content (AvgIpc) is 3.84. The van der Waals surface area contributed by atoms with E-state index < -0.39 is 0 Å². The fourth-order valence-electron chi connectivity index (χ4n) is 6.76. The molecule has 0 atom stereocenters. The molecule has 1 aliphatic carbocycles. The number of fused-ring (bicyclic) bond motifs is 2. The van der Waals surface area contributed by atoms with E-state index in [2.05, 4.69) is 6.92 Å². The molecule has 0 radical (unpaired) electrons. The van der Waals surface area contributed by atoms with Gasteiger partial charge in [0.15, 0.2) is 11.6 Å².